The van der Waals surface area contributed by atoms with Crippen molar-refractivity contribution in [2.75, 3.05) is 18.0 Å². The monoisotopic (exact) mass is 267 g/mol. The van der Waals surface area contributed by atoms with Crippen LogP contribution in [0.1, 0.15) is 46.1 Å². The molecule has 1 N–H and O–H groups in total. The fraction of sp³-hybridized carbons (Fsp3) is 0.667. The average Bonchev–Trinajstić information content (AvgIpc) is 2.39. The third-order valence-electron chi connectivity index (χ3n) is 3.11. The summed E-state index contributed by atoms with van der Waals surface area (Å²) in [6.07, 6.45) is 3.86. The number of hydrogen-bond acceptors (Lipinski definition) is 3. The van der Waals surface area contributed by atoms with Gasteiger partial charge in [-0.05, 0) is 19.4 Å². The van der Waals surface area contributed by atoms with Gasteiger partial charge in [-0.3, -0.25) is 0 Å². The van der Waals surface area contributed by atoms with Gasteiger partial charge < -0.3 is 10.2 Å². The second-order valence-electron chi connectivity index (χ2n) is 5.08. The molecular weight excluding hydrogens is 241 g/mol. The van der Waals surface area contributed by atoms with Crippen LogP contribution in [0.25, 0.3) is 0 Å². The quantitative estimate of drug-likeness (QED) is 0.783. The van der Waals surface area contributed by atoms with E-state index in [2.05, 4.69) is 31.1 Å². The zero-order valence-electron chi connectivity index (χ0n) is 12.5. The summed E-state index contributed by atoms with van der Waals surface area (Å²) in [7, 11) is 0. The van der Waals surface area contributed by atoms with E-state index in [0.717, 1.165) is 25.9 Å². The van der Waals surface area contributed by atoms with Gasteiger partial charge in [0.1, 0.15) is 0 Å². The third kappa shape index (κ3) is 4.78. The molecule has 0 aromatic carbocycles. The standard InChI is InChI=1S/C15H26FN3/c1-5-7-10-19(6-2)15-14(16)13(8-9-17-15)11-18-12(3)4/h8-9,12,18H,5-7,10-11H2,1-4H3. The Morgan fingerprint density at radius 3 is 2.68 bits per heavy atom. The van der Waals surface area contributed by atoms with Gasteiger partial charge in [-0.1, -0.05) is 27.2 Å². The number of pyridine rings is 1. The number of aromatic nitrogens is 1. The number of nitrogens with one attached hydrogen (secondary N) is 1. The normalized spacial score (nSPS) is 11.1. The minimum atomic E-state index is -0.186. The van der Waals surface area contributed by atoms with Gasteiger partial charge >= 0.3 is 0 Å². The van der Waals surface area contributed by atoms with Gasteiger partial charge in [-0.25, -0.2) is 9.37 Å². The molecule has 0 aliphatic rings. The van der Waals surface area contributed by atoms with Crippen LogP contribution in [0.3, 0.4) is 0 Å². The summed E-state index contributed by atoms with van der Waals surface area (Å²) in [5, 5.41) is 3.24. The molecule has 1 aromatic heterocycles. The maximum absolute atomic E-state index is 14.4. The molecule has 0 spiro atoms. The Hall–Kier alpha value is -1.16. The molecule has 0 bridgehead atoms. The van der Waals surface area contributed by atoms with Crippen molar-refractivity contribution in [3.63, 3.8) is 0 Å². The molecule has 1 aromatic rings. The predicted octanol–water partition coefficient (Wildman–Crippen LogP) is 3.35. The minimum Gasteiger partial charge on any atom is -0.354 e. The van der Waals surface area contributed by atoms with Crippen LogP contribution >= 0.6 is 0 Å². The molecule has 0 unspecified atom stereocenters. The molecule has 0 atom stereocenters. The first-order valence-corrected chi connectivity index (χ1v) is 7.21. The van der Waals surface area contributed by atoms with Gasteiger partial charge in [-0.2, -0.15) is 0 Å². The summed E-state index contributed by atoms with van der Waals surface area (Å²) in [4.78, 5) is 6.22. The molecule has 0 aliphatic heterocycles. The van der Waals surface area contributed by atoms with E-state index in [1.165, 1.54) is 0 Å². The largest absolute Gasteiger partial charge is 0.354 e. The van der Waals surface area contributed by atoms with Gasteiger partial charge in [-0.15, -0.1) is 0 Å². The first-order valence-electron chi connectivity index (χ1n) is 7.21. The van der Waals surface area contributed by atoms with Gasteiger partial charge in [0.25, 0.3) is 0 Å². The van der Waals surface area contributed by atoms with E-state index in [1.807, 2.05) is 11.8 Å². The Labute approximate surface area is 116 Å². The van der Waals surface area contributed by atoms with Crippen molar-refractivity contribution in [2.24, 2.45) is 0 Å². The first-order chi connectivity index (χ1) is 9.10. The number of rotatable bonds is 8. The predicted molar refractivity (Wildman–Crippen MR) is 79.0 cm³/mol. The molecule has 1 heterocycles. The summed E-state index contributed by atoms with van der Waals surface area (Å²) in [6, 6.07) is 2.10. The van der Waals surface area contributed by atoms with Gasteiger partial charge in [0.05, 0.1) is 0 Å². The summed E-state index contributed by atoms with van der Waals surface area (Å²) in [5.74, 6) is 0.299. The molecular formula is C15H26FN3. The van der Waals surface area contributed by atoms with Crippen LogP contribution < -0.4 is 10.2 Å². The molecule has 0 aliphatic carbocycles. The molecule has 4 heteroatoms. The zero-order chi connectivity index (χ0) is 14.3. The smallest absolute Gasteiger partial charge is 0.170 e. The average molecular weight is 267 g/mol. The summed E-state index contributed by atoms with van der Waals surface area (Å²) < 4.78 is 14.4. The molecule has 0 fully saturated rings. The Morgan fingerprint density at radius 1 is 1.37 bits per heavy atom. The summed E-state index contributed by atoms with van der Waals surface area (Å²) >= 11 is 0. The second kappa shape index (κ2) is 8.10. The van der Waals surface area contributed by atoms with Crippen LogP contribution in [0.5, 0.6) is 0 Å². The number of nitrogens with zero attached hydrogens (tertiary/aromatic N) is 2. The lowest BCUT2D eigenvalue weighted by Crippen LogP contribution is -2.27. The van der Waals surface area contributed by atoms with Crippen molar-refractivity contribution in [2.45, 2.75) is 53.1 Å². The molecule has 0 saturated heterocycles. The highest BCUT2D eigenvalue weighted by molar-refractivity contribution is 5.42. The van der Waals surface area contributed by atoms with E-state index in [1.54, 1.807) is 12.3 Å². The number of hydrogen-bond donors (Lipinski definition) is 1. The van der Waals surface area contributed by atoms with E-state index in [9.17, 15) is 4.39 Å². The summed E-state index contributed by atoms with van der Waals surface area (Å²) in [6.45, 7) is 10.5. The Kier molecular flexibility index (Phi) is 6.78. The van der Waals surface area contributed by atoms with Gasteiger partial charge in [0, 0.05) is 37.4 Å². The van der Waals surface area contributed by atoms with Crippen LogP contribution in [-0.2, 0) is 6.54 Å². The third-order valence-corrected chi connectivity index (χ3v) is 3.11. The number of unbranched alkanes of at least 4 members (excludes halogenated alkanes) is 1. The fourth-order valence-corrected chi connectivity index (χ4v) is 1.91. The van der Waals surface area contributed by atoms with Crippen molar-refractivity contribution < 1.29 is 4.39 Å². The molecule has 108 valence electrons. The van der Waals surface area contributed by atoms with Gasteiger partial charge in [0.2, 0.25) is 0 Å². The highest BCUT2D eigenvalue weighted by atomic mass is 19.1. The second-order valence-corrected chi connectivity index (χ2v) is 5.08. The van der Waals surface area contributed by atoms with Crippen LogP contribution in [-0.4, -0.2) is 24.1 Å². The molecule has 3 nitrogen and oxygen atoms in total. The topological polar surface area (TPSA) is 28.2 Å². The van der Waals surface area contributed by atoms with E-state index < -0.39 is 0 Å². The lowest BCUT2D eigenvalue weighted by molar-refractivity contribution is 0.546. The van der Waals surface area contributed by atoms with Crippen LogP contribution in [0.4, 0.5) is 10.2 Å². The van der Waals surface area contributed by atoms with Crippen molar-refractivity contribution >= 4 is 5.82 Å². The molecule has 1 rings (SSSR count). The number of halogens is 1. The lowest BCUT2D eigenvalue weighted by atomic mass is 10.2. The Morgan fingerprint density at radius 2 is 2.11 bits per heavy atom. The maximum atomic E-state index is 14.4. The minimum absolute atomic E-state index is 0.186. The van der Waals surface area contributed by atoms with E-state index in [-0.39, 0.29) is 5.82 Å². The van der Waals surface area contributed by atoms with Crippen LogP contribution in [0, 0.1) is 5.82 Å². The summed E-state index contributed by atoms with van der Waals surface area (Å²) in [5.41, 5.74) is 0.689. The highest BCUT2D eigenvalue weighted by Gasteiger charge is 2.14. The highest BCUT2D eigenvalue weighted by Crippen LogP contribution is 2.20. The maximum Gasteiger partial charge on any atom is 0.170 e. The Bertz CT molecular complexity index is 380. The van der Waals surface area contributed by atoms with E-state index in [0.29, 0.717) is 24.0 Å². The van der Waals surface area contributed by atoms with Crippen molar-refractivity contribution in [3.8, 4) is 0 Å². The van der Waals surface area contributed by atoms with E-state index in [4.69, 9.17) is 0 Å². The van der Waals surface area contributed by atoms with Gasteiger partial charge in [0.15, 0.2) is 11.6 Å². The van der Waals surface area contributed by atoms with Crippen molar-refractivity contribution in [1.29, 1.82) is 0 Å². The molecule has 19 heavy (non-hydrogen) atoms. The van der Waals surface area contributed by atoms with Crippen LogP contribution in [0.15, 0.2) is 12.3 Å². The fourth-order valence-electron chi connectivity index (χ4n) is 1.91. The van der Waals surface area contributed by atoms with Crippen LogP contribution in [0.2, 0.25) is 0 Å². The lowest BCUT2D eigenvalue weighted by Gasteiger charge is -2.23. The number of anilines is 1. The zero-order valence-corrected chi connectivity index (χ0v) is 12.5. The first kappa shape index (κ1) is 15.9. The molecule has 0 radical (unpaired) electrons. The van der Waals surface area contributed by atoms with E-state index >= 15 is 0 Å². The molecule has 0 saturated carbocycles. The van der Waals surface area contributed by atoms with Crippen molar-refractivity contribution in [1.82, 2.24) is 10.3 Å². The van der Waals surface area contributed by atoms with Crippen molar-refractivity contribution in [3.05, 3.63) is 23.6 Å². The molecule has 0 amide bonds. The SMILES string of the molecule is CCCCN(CC)c1nccc(CNC(C)C)c1F. The Balaban J connectivity index is 2.85.